The smallest absolute Gasteiger partial charge is 0.542 e. The van der Waals surface area contributed by atoms with Crippen LogP contribution in [-0.2, 0) is 14.4 Å². The number of aliphatic carboxylic acids is 3. The van der Waals surface area contributed by atoms with Gasteiger partial charge in [-0.25, -0.2) is 0 Å². The van der Waals surface area contributed by atoms with Crippen LogP contribution in [0.25, 0.3) is 0 Å². The quantitative estimate of drug-likeness (QED) is 0.179. The molecule has 0 aromatic heterocycles. The molecule has 0 saturated carbocycles. The van der Waals surface area contributed by atoms with Crippen LogP contribution in [-0.4, -0.2) is 94.9 Å². The van der Waals surface area contributed by atoms with Gasteiger partial charge in [-0.3, -0.25) is 15.0 Å². The van der Waals surface area contributed by atoms with Gasteiger partial charge in [0.05, 0.1) is 16.6 Å². The molecule has 0 atom stereocenters. The van der Waals surface area contributed by atoms with Crippen LogP contribution in [0.4, 0.5) is 0 Å². The number of rotatable bonds is 0. The summed E-state index contributed by atoms with van der Waals surface area (Å²) in [5.41, 5.74) is -2.26. The van der Waals surface area contributed by atoms with E-state index in [-0.39, 0.29) is 60.3 Å². The van der Waals surface area contributed by atoms with Crippen LogP contribution in [0.3, 0.4) is 0 Å². The molecular formula is C30H57BiN6O6. The molecule has 0 heterocycles. The minimum absolute atomic E-state index is 0. The Hall–Kier alpha value is -2.30. The first-order chi connectivity index (χ1) is 18.0. The second-order valence-electron chi connectivity index (χ2n) is 15.9. The molecular weight excluding hydrogens is 749 g/mol. The Morgan fingerprint density at radius 1 is 0.395 bits per heavy atom. The summed E-state index contributed by atoms with van der Waals surface area (Å²) in [6, 6.07) is 0. The van der Waals surface area contributed by atoms with E-state index in [1.54, 1.807) is 0 Å². The minimum Gasteiger partial charge on any atom is -0.542 e. The molecule has 0 amide bonds. The Morgan fingerprint density at radius 3 is 0.605 bits per heavy atom. The molecule has 248 valence electrons. The fourth-order valence-corrected chi connectivity index (χ4v) is 2.45. The van der Waals surface area contributed by atoms with Gasteiger partial charge >= 0.3 is 26.2 Å². The fourth-order valence-electron chi connectivity index (χ4n) is 2.45. The summed E-state index contributed by atoms with van der Waals surface area (Å²) in [4.78, 5) is 44.4. The number of aliphatic imine (C=N–C) groups is 3. The van der Waals surface area contributed by atoms with E-state index in [9.17, 15) is 29.7 Å². The van der Waals surface area contributed by atoms with E-state index in [2.05, 4.69) is 30.9 Å². The van der Waals surface area contributed by atoms with Gasteiger partial charge < -0.3 is 45.7 Å². The first kappa shape index (κ1) is 47.6. The number of hydrogen-bond donors (Lipinski definition) is 3. The number of carboxylic acid groups (broad SMARTS) is 3. The molecule has 12 nitrogen and oxygen atoms in total. The molecule has 43 heavy (non-hydrogen) atoms. The van der Waals surface area contributed by atoms with Crippen LogP contribution in [0.15, 0.2) is 15.0 Å². The van der Waals surface area contributed by atoms with Gasteiger partial charge in [0.1, 0.15) is 35.4 Å². The summed E-state index contributed by atoms with van der Waals surface area (Å²) >= 11 is 0. The van der Waals surface area contributed by atoms with Gasteiger partial charge in [0, 0.05) is 16.6 Å². The summed E-state index contributed by atoms with van der Waals surface area (Å²) < 4.78 is 0. The second-order valence-corrected chi connectivity index (χ2v) is 15.9. The molecule has 0 rings (SSSR count). The molecule has 0 bridgehead atoms. The predicted molar refractivity (Wildman–Crippen MR) is 171 cm³/mol. The Kier molecular flexibility index (Phi) is 19.8. The SMILES string of the molecule is CC(C)(C)N=C(NC(C)(C)C)C(=O)[O-].CC(C)(C)N=C(NC(C)(C)C)C(=O)[O-].CC(C)(C)N=C(NC(C)(C)C)C(=O)[O-].[Bi+3]. The topological polar surface area (TPSA) is 194 Å². The number of amidine groups is 3. The van der Waals surface area contributed by atoms with Gasteiger partial charge in [-0.05, 0) is 125 Å². The first-order valence-electron chi connectivity index (χ1n) is 13.8. The molecule has 0 spiro atoms. The van der Waals surface area contributed by atoms with Gasteiger partial charge in [0.15, 0.2) is 0 Å². The van der Waals surface area contributed by atoms with E-state index in [0.717, 1.165) is 0 Å². The molecule has 13 heteroatoms. The van der Waals surface area contributed by atoms with Crippen molar-refractivity contribution in [2.45, 2.75) is 158 Å². The maximum atomic E-state index is 10.8. The van der Waals surface area contributed by atoms with Crippen molar-refractivity contribution in [1.29, 1.82) is 0 Å². The molecule has 3 N–H and O–H groups in total. The summed E-state index contributed by atoms with van der Waals surface area (Å²) in [7, 11) is 0. The monoisotopic (exact) mass is 806 g/mol. The van der Waals surface area contributed by atoms with Crippen molar-refractivity contribution in [2.24, 2.45) is 15.0 Å². The van der Waals surface area contributed by atoms with Gasteiger partial charge in [0.2, 0.25) is 0 Å². The van der Waals surface area contributed by atoms with Crippen LogP contribution in [0.5, 0.6) is 0 Å². The van der Waals surface area contributed by atoms with Crippen LogP contribution in [0.1, 0.15) is 125 Å². The first-order valence-corrected chi connectivity index (χ1v) is 13.8. The molecule has 0 aliphatic carbocycles. The molecule has 0 saturated heterocycles. The normalized spacial score (nSPS) is 13.7. The van der Waals surface area contributed by atoms with E-state index in [1.807, 2.05) is 125 Å². The van der Waals surface area contributed by atoms with Crippen LogP contribution < -0.4 is 31.3 Å². The Bertz CT molecular complexity index is 867. The number of nitrogens with one attached hydrogen (secondary N) is 3. The van der Waals surface area contributed by atoms with Crippen LogP contribution in [0.2, 0.25) is 0 Å². The zero-order valence-electron chi connectivity index (χ0n) is 29.7. The van der Waals surface area contributed by atoms with E-state index in [0.29, 0.717) is 0 Å². The maximum absolute atomic E-state index is 10.8. The largest absolute Gasteiger partial charge is 3.00 e. The van der Waals surface area contributed by atoms with Crippen LogP contribution in [0, 0.1) is 0 Å². The van der Waals surface area contributed by atoms with Crippen molar-refractivity contribution in [3.8, 4) is 0 Å². The van der Waals surface area contributed by atoms with E-state index >= 15 is 0 Å². The van der Waals surface area contributed by atoms with Gasteiger partial charge in [-0.15, -0.1) is 0 Å². The summed E-state index contributed by atoms with van der Waals surface area (Å²) in [5, 5.41) is 40.7. The van der Waals surface area contributed by atoms with Crippen molar-refractivity contribution >= 4 is 61.6 Å². The summed E-state index contributed by atoms with van der Waals surface area (Å²) in [6.45, 7) is 33.3. The number of carbonyl (C=O) groups excluding carboxylic acids is 3. The standard InChI is InChI=1S/3C10H20N2O2.Bi/c3*1-9(2,3)11-7(8(13)14)12-10(4,5)6;/h3*1-6H3,(H,11,12)(H,13,14);/q;;;+3/p-3. The summed E-state index contributed by atoms with van der Waals surface area (Å²) in [6.07, 6.45) is 0. The van der Waals surface area contributed by atoms with Crippen molar-refractivity contribution in [3.63, 3.8) is 0 Å². The fraction of sp³-hybridized carbons (Fsp3) is 0.800. The third-order valence-corrected chi connectivity index (χ3v) is 3.40. The van der Waals surface area contributed by atoms with Crippen molar-refractivity contribution in [2.75, 3.05) is 0 Å². The summed E-state index contributed by atoms with van der Waals surface area (Å²) in [5.74, 6) is -4.08. The Morgan fingerprint density at radius 2 is 0.535 bits per heavy atom. The van der Waals surface area contributed by atoms with Crippen molar-refractivity contribution in [3.05, 3.63) is 0 Å². The Labute approximate surface area is 279 Å². The third kappa shape index (κ3) is 35.8. The van der Waals surface area contributed by atoms with E-state index < -0.39 is 34.5 Å². The molecule has 0 aromatic carbocycles. The van der Waals surface area contributed by atoms with Crippen molar-refractivity contribution in [1.82, 2.24) is 16.0 Å². The molecule has 0 aromatic rings. The molecule has 0 unspecified atom stereocenters. The maximum Gasteiger partial charge on any atom is 3.00 e. The van der Waals surface area contributed by atoms with E-state index in [1.165, 1.54) is 0 Å². The molecule has 0 aliphatic heterocycles. The van der Waals surface area contributed by atoms with Gasteiger partial charge in [-0.1, -0.05) is 0 Å². The second kappa shape index (κ2) is 17.9. The van der Waals surface area contributed by atoms with Gasteiger partial charge in [-0.2, -0.15) is 0 Å². The minimum atomic E-state index is -1.27. The van der Waals surface area contributed by atoms with Crippen molar-refractivity contribution < 1.29 is 29.7 Å². The van der Waals surface area contributed by atoms with Gasteiger partial charge in [0.25, 0.3) is 0 Å². The number of hydrogen-bond acceptors (Lipinski definition) is 9. The number of carboxylic acids is 3. The van der Waals surface area contributed by atoms with Crippen LogP contribution >= 0.6 is 0 Å². The molecule has 2 radical (unpaired) electrons. The number of carbonyl (C=O) groups is 3. The third-order valence-electron chi connectivity index (χ3n) is 3.40. The Balaban J connectivity index is -0.000000262. The molecule has 0 aliphatic rings. The average Bonchev–Trinajstić information content (AvgIpc) is 2.60. The zero-order chi connectivity index (χ0) is 34.7. The zero-order valence-corrected chi connectivity index (χ0v) is 33.2. The molecule has 0 fully saturated rings. The van der Waals surface area contributed by atoms with E-state index in [4.69, 9.17) is 0 Å². The number of nitrogens with zero attached hydrogens (tertiary/aromatic N) is 3. The predicted octanol–water partition coefficient (Wildman–Crippen LogP) is 0.583. The average molecular weight is 807 g/mol.